The number of likely N-dealkylation sites (N-methyl/N-ethyl adjacent to an activating group) is 1. The molecule has 0 aliphatic rings. The summed E-state index contributed by atoms with van der Waals surface area (Å²) in [5.74, 6) is 0.572. The largest absolute Gasteiger partial charge is 0.492 e. The van der Waals surface area contributed by atoms with Gasteiger partial charge in [-0.15, -0.1) is 0 Å². The molecule has 1 amide bonds. The molecule has 29 heavy (non-hydrogen) atoms. The summed E-state index contributed by atoms with van der Waals surface area (Å²) in [6.45, 7) is 4.83. The van der Waals surface area contributed by atoms with Gasteiger partial charge in [0.15, 0.2) is 0 Å². The van der Waals surface area contributed by atoms with Crippen LogP contribution in [0.5, 0.6) is 5.75 Å². The molecule has 0 spiro atoms. The van der Waals surface area contributed by atoms with Gasteiger partial charge in [0.25, 0.3) is 0 Å². The van der Waals surface area contributed by atoms with Crippen molar-refractivity contribution in [2.24, 2.45) is 0 Å². The second-order valence-electron chi connectivity index (χ2n) is 7.12. The molecule has 0 saturated carbocycles. The maximum atomic E-state index is 12.6. The van der Waals surface area contributed by atoms with Crippen LogP contribution in [0, 0.1) is 6.92 Å². The summed E-state index contributed by atoms with van der Waals surface area (Å²) < 4.78 is 31.4. The number of amides is 1. The van der Waals surface area contributed by atoms with Crippen molar-refractivity contribution >= 4 is 21.6 Å². The molecule has 1 unspecified atom stereocenters. The van der Waals surface area contributed by atoms with Gasteiger partial charge < -0.3 is 10.1 Å². The molecule has 0 aromatic heterocycles. The Balaban J connectivity index is 1.91. The van der Waals surface area contributed by atoms with Crippen molar-refractivity contribution in [1.82, 2.24) is 9.21 Å². The van der Waals surface area contributed by atoms with E-state index in [1.54, 1.807) is 19.1 Å². The summed E-state index contributed by atoms with van der Waals surface area (Å²) in [4.78, 5) is 14.6. The van der Waals surface area contributed by atoms with Crippen molar-refractivity contribution in [3.05, 3.63) is 54.1 Å². The summed E-state index contributed by atoms with van der Waals surface area (Å²) in [5, 5.41) is 2.78. The Bertz CT molecular complexity index is 927. The van der Waals surface area contributed by atoms with Crippen LogP contribution in [0.15, 0.2) is 53.4 Å². The molecule has 0 heterocycles. The van der Waals surface area contributed by atoms with Crippen molar-refractivity contribution in [3.63, 3.8) is 0 Å². The maximum absolute atomic E-state index is 12.6. The third-order valence-corrected chi connectivity index (χ3v) is 6.47. The van der Waals surface area contributed by atoms with Gasteiger partial charge in [-0.25, -0.2) is 12.7 Å². The molecule has 7 nitrogen and oxygen atoms in total. The highest BCUT2D eigenvalue weighted by molar-refractivity contribution is 7.89. The number of benzene rings is 2. The maximum Gasteiger partial charge on any atom is 0.242 e. The van der Waals surface area contributed by atoms with Crippen LogP contribution in [0.4, 0.5) is 5.69 Å². The molecule has 0 saturated heterocycles. The molecule has 0 aliphatic heterocycles. The third kappa shape index (κ3) is 6.28. The Morgan fingerprint density at radius 1 is 1.10 bits per heavy atom. The summed E-state index contributed by atoms with van der Waals surface area (Å²) in [6.07, 6.45) is 0. The Labute approximate surface area is 173 Å². The Kier molecular flexibility index (Phi) is 7.78. The minimum absolute atomic E-state index is 0.132. The monoisotopic (exact) mass is 419 g/mol. The van der Waals surface area contributed by atoms with E-state index in [1.165, 1.54) is 31.8 Å². The van der Waals surface area contributed by atoms with Crippen molar-refractivity contribution in [3.8, 4) is 5.75 Å². The number of carbonyl (C=O) groups excluding carboxylic acids is 1. The van der Waals surface area contributed by atoms with Gasteiger partial charge in [0.1, 0.15) is 12.4 Å². The average molecular weight is 420 g/mol. The van der Waals surface area contributed by atoms with Gasteiger partial charge in [0.2, 0.25) is 15.9 Å². The number of nitrogens with zero attached hydrogens (tertiary/aromatic N) is 2. The zero-order valence-corrected chi connectivity index (χ0v) is 18.4. The molecule has 8 heteroatoms. The molecule has 2 aromatic carbocycles. The Morgan fingerprint density at radius 3 is 2.38 bits per heavy atom. The van der Waals surface area contributed by atoms with Crippen LogP contribution in [0.3, 0.4) is 0 Å². The van der Waals surface area contributed by atoms with E-state index >= 15 is 0 Å². The molecule has 0 bridgehead atoms. The third-order valence-electron chi connectivity index (χ3n) is 4.65. The lowest BCUT2D eigenvalue weighted by Crippen LogP contribution is -2.41. The van der Waals surface area contributed by atoms with E-state index in [2.05, 4.69) is 5.32 Å². The van der Waals surface area contributed by atoms with Crippen molar-refractivity contribution in [2.75, 3.05) is 39.6 Å². The van der Waals surface area contributed by atoms with Gasteiger partial charge in [-0.3, -0.25) is 9.69 Å². The van der Waals surface area contributed by atoms with Crippen molar-refractivity contribution in [2.45, 2.75) is 24.8 Å². The van der Waals surface area contributed by atoms with E-state index in [0.717, 1.165) is 10.1 Å². The quantitative estimate of drug-likeness (QED) is 0.676. The number of hydrogen-bond donors (Lipinski definition) is 1. The van der Waals surface area contributed by atoms with Crippen LogP contribution in [0.1, 0.15) is 12.5 Å². The Hall–Kier alpha value is -2.42. The highest BCUT2D eigenvalue weighted by Crippen LogP contribution is 2.18. The minimum atomic E-state index is -3.56. The lowest BCUT2D eigenvalue weighted by atomic mass is 10.2. The molecule has 2 aromatic rings. The van der Waals surface area contributed by atoms with Crippen LogP contribution in [0.25, 0.3) is 0 Å². The fraction of sp³-hybridized carbons (Fsp3) is 0.381. The summed E-state index contributed by atoms with van der Waals surface area (Å²) >= 11 is 0. The molecule has 1 N–H and O–H groups in total. The van der Waals surface area contributed by atoms with E-state index in [1.807, 2.05) is 43.1 Å². The zero-order valence-electron chi connectivity index (χ0n) is 17.5. The predicted molar refractivity (Wildman–Crippen MR) is 115 cm³/mol. The number of carbonyl (C=O) groups is 1. The van der Waals surface area contributed by atoms with Gasteiger partial charge in [-0.05, 0) is 51.2 Å². The number of rotatable bonds is 9. The smallest absolute Gasteiger partial charge is 0.242 e. The number of sulfonamides is 1. The normalized spacial score (nSPS) is 12.8. The first-order chi connectivity index (χ1) is 13.6. The number of ether oxygens (including phenoxy) is 1. The molecular formula is C21H29N3O4S. The van der Waals surface area contributed by atoms with E-state index in [9.17, 15) is 13.2 Å². The number of nitrogens with one attached hydrogen (secondary N) is 1. The number of aryl methyl sites for hydroxylation is 1. The number of anilines is 1. The molecule has 1 atom stereocenters. The summed E-state index contributed by atoms with van der Waals surface area (Å²) in [5.41, 5.74) is 1.61. The van der Waals surface area contributed by atoms with Gasteiger partial charge in [0.05, 0.1) is 10.9 Å². The zero-order chi connectivity index (χ0) is 21.6. The highest BCUT2D eigenvalue weighted by Gasteiger charge is 2.20. The van der Waals surface area contributed by atoms with Gasteiger partial charge in [-0.2, -0.15) is 0 Å². The van der Waals surface area contributed by atoms with Gasteiger partial charge in [-0.1, -0.05) is 23.8 Å². The van der Waals surface area contributed by atoms with Crippen LogP contribution in [-0.4, -0.2) is 63.9 Å². The van der Waals surface area contributed by atoms with E-state index in [4.69, 9.17) is 4.74 Å². The molecule has 0 aliphatic carbocycles. The first kappa shape index (κ1) is 22.9. The highest BCUT2D eigenvalue weighted by atomic mass is 32.2. The second kappa shape index (κ2) is 9.87. The average Bonchev–Trinajstić information content (AvgIpc) is 2.68. The van der Waals surface area contributed by atoms with Crippen LogP contribution in [-0.2, 0) is 14.8 Å². The van der Waals surface area contributed by atoms with Crippen molar-refractivity contribution < 1.29 is 17.9 Å². The standard InChI is InChI=1S/C21H29N3O4S/c1-16-9-11-19(12-10-16)28-14-13-24(5)17(2)21(25)22-18-7-6-8-20(15-18)29(26,27)23(3)4/h6-12,15,17H,13-14H2,1-5H3,(H,22,25). The van der Waals surface area contributed by atoms with Crippen LogP contribution >= 0.6 is 0 Å². The topological polar surface area (TPSA) is 79.0 Å². The minimum Gasteiger partial charge on any atom is -0.492 e. The first-order valence-electron chi connectivity index (χ1n) is 9.34. The lowest BCUT2D eigenvalue weighted by molar-refractivity contribution is -0.120. The first-order valence-corrected chi connectivity index (χ1v) is 10.8. The summed E-state index contributed by atoms with van der Waals surface area (Å²) in [7, 11) is 1.22. The fourth-order valence-corrected chi connectivity index (χ4v) is 3.48. The number of hydrogen-bond acceptors (Lipinski definition) is 5. The van der Waals surface area contributed by atoms with Gasteiger partial charge in [0, 0.05) is 26.3 Å². The van der Waals surface area contributed by atoms with Crippen molar-refractivity contribution in [1.29, 1.82) is 0 Å². The molecule has 0 radical (unpaired) electrons. The van der Waals surface area contributed by atoms with E-state index in [-0.39, 0.29) is 10.8 Å². The van der Waals surface area contributed by atoms with E-state index < -0.39 is 16.1 Å². The molecular weight excluding hydrogens is 390 g/mol. The second-order valence-corrected chi connectivity index (χ2v) is 9.27. The van der Waals surface area contributed by atoms with Crippen LogP contribution in [0.2, 0.25) is 0 Å². The van der Waals surface area contributed by atoms with E-state index in [0.29, 0.717) is 18.8 Å². The molecule has 158 valence electrons. The SMILES string of the molecule is Cc1ccc(OCCN(C)C(C)C(=O)Nc2cccc(S(=O)(=O)N(C)C)c2)cc1. The van der Waals surface area contributed by atoms with Crippen LogP contribution < -0.4 is 10.1 Å². The fourth-order valence-electron chi connectivity index (χ4n) is 2.53. The Morgan fingerprint density at radius 2 is 1.76 bits per heavy atom. The van der Waals surface area contributed by atoms with Gasteiger partial charge >= 0.3 is 0 Å². The molecule has 2 rings (SSSR count). The summed E-state index contributed by atoms with van der Waals surface area (Å²) in [6, 6.07) is 13.6. The molecule has 0 fully saturated rings. The predicted octanol–water partition coefficient (Wildman–Crippen LogP) is 2.58. The lowest BCUT2D eigenvalue weighted by Gasteiger charge is -2.24.